The normalized spacial score (nSPS) is 10.8. The first-order chi connectivity index (χ1) is 9.10. The molecule has 2 aromatic heterocycles. The highest BCUT2D eigenvalue weighted by Crippen LogP contribution is 2.15. The zero-order valence-corrected chi connectivity index (χ0v) is 10.9. The van der Waals surface area contributed by atoms with Gasteiger partial charge in [0, 0.05) is 25.4 Å². The summed E-state index contributed by atoms with van der Waals surface area (Å²) in [6, 6.07) is 2.97. The summed E-state index contributed by atoms with van der Waals surface area (Å²) in [6.45, 7) is 3.17. The molecule has 0 amide bonds. The Balaban J connectivity index is 1.90. The van der Waals surface area contributed by atoms with E-state index in [0.29, 0.717) is 18.8 Å². The van der Waals surface area contributed by atoms with E-state index in [1.54, 1.807) is 10.7 Å². The molecule has 1 N–H and O–H groups in total. The molecule has 2 rings (SSSR count). The van der Waals surface area contributed by atoms with Gasteiger partial charge in [-0.1, -0.05) is 6.92 Å². The molecule has 2 aromatic rings. The topological polar surface area (TPSA) is 86.1 Å². The third-order valence-corrected chi connectivity index (χ3v) is 2.77. The summed E-state index contributed by atoms with van der Waals surface area (Å²) in [4.78, 5) is 9.93. The van der Waals surface area contributed by atoms with Crippen molar-refractivity contribution in [2.45, 2.75) is 26.4 Å². The number of rotatable bonds is 6. The molecule has 7 heteroatoms. The second-order valence-corrected chi connectivity index (χ2v) is 4.23. The molecule has 19 heavy (non-hydrogen) atoms. The Hall–Kier alpha value is -2.15. The molecule has 0 aromatic carbocycles. The molecule has 0 unspecified atom stereocenters. The quantitative estimate of drug-likeness (QED) is 0.634. The van der Waals surface area contributed by atoms with Gasteiger partial charge in [-0.05, 0) is 12.5 Å². The van der Waals surface area contributed by atoms with Crippen LogP contribution in [0, 0.1) is 10.1 Å². The highest BCUT2D eigenvalue weighted by Gasteiger charge is 2.11. The fourth-order valence-electron chi connectivity index (χ4n) is 1.91. The molecule has 0 saturated carbocycles. The van der Waals surface area contributed by atoms with Crippen molar-refractivity contribution in [2.24, 2.45) is 7.05 Å². The largest absolute Gasteiger partial charge is 0.433 e. The van der Waals surface area contributed by atoms with Crippen molar-refractivity contribution in [1.82, 2.24) is 15.1 Å². The van der Waals surface area contributed by atoms with Crippen molar-refractivity contribution < 1.29 is 9.34 Å². The van der Waals surface area contributed by atoms with Gasteiger partial charge >= 0.3 is 5.88 Å². The summed E-state index contributed by atoms with van der Waals surface area (Å²) < 4.78 is 6.85. The predicted octanol–water partition coefficient (Wildman–Crippen LogP) is 1.77. The van der Waals surface area contributed by atoms with Crippen molar-refractivity contribution in [1.29, 1.82) is 0 Å². The van der Waals surface area contributed by atoms with E-state index in [4.69, 9.17) is 4.42 Å². The van der Waals surface area contributed by atoms with Crippen molar-refractivity contribution in [3.8, 4) is 0 Å². The number of aryl methyl sites for hydroxylation is 2. The van der Waals surface area contributed by atoms with Gasteiger partial charge in [-0.3, -0.25) is 14.8 Å². The lowest BCUT2D eigenvalue weighted by atomic mass is 10.2. The Morgan fingerprint density at radius 1 is 1.47 bits per heavy atom. The number of furan rings is 1. The van der Waals surface area contributed by atoms with Crippen LogP contribution in [0.25, 0.3) is 0 Å². The zero-order valence-electron chi connectivity index (χ0n) is 10.9. The first-order valence-electron chi connectivity index (χ1n) is 6.05. The Morgan fingerprint density at radius 3 is 2.89 bits per heavy atom. The molecular formula is C12H16N4O3. The number of hydrogen-bond donors (Lipinski definition) is 1. The molecule has 0 aliphatic rings. The summed E-state index contributed by atoms with van der Waals surface area (Å²) in [5.74, 6) is 0.320. The van der Waals surface area contributed by atoms with E-state index < -0.39 is 4.92 Å². The molecular weight excluding hydrogens is 248 g/mol. The van der Waals surface area contributed by atoms with Crippen LogP contribution in [-0.4, -0.2) is 14.7 Å². The standard InChI is InChI=1S/C12H16N4O3/c1-3-11-9(8-15(2)14-11)6-13-7-10-4-5-12(19-10)16(17)18/h4-5,8,13H,3,6-7H2,1-2H3. The molecule has 0 fully saturated rings. The summed E-state index contributed by atoms with van der Waals surface area (Å²) in [5.41, 5.74) is 2.19. The third kappa shape index (κ3) is 3.19. The maximum atomic E-state index is 10.5. The van der Waals surface area contributed by atoms with E-state index in [0.717, 1.165) is 17.7 Å². The van der Waals surface area contributed by atoms with E-state index in [2.05, 4.69) is 17.3 Å². The highest BCUT2D eigenvalue weighted by atomic mass is 16.6. The SMILES string of the molecule is CCc1nn(C)cc1CNCc1ccc([N+](=O)[O-])o1. The average molecular weight is 264 g/mol. The van der Waals surface area contributed by atoms with E-state index in [1.807, 2.05) is 13.2 Å². The predicted molar refractivity (Wildman–Crippen MR) is 68.5 cm³/mol. The van der Waals surface area contributed by atoms with Gasteiger partial charge < -0.3 is 9.73 Å². The van der Waals surface area contributed by atoms with Crippen LogP contribution in [0.15, 0.2) is 22.7 Å². The second kappa shape index (κ2) is 5.66. The number of aromatic nitrogens is 2. The molecule has 0 atom stereocenters. The number of nitrogens with one attached hydrogen (secondary N) is 1. The Kier molecular flexibility index (Phi) is 3.96. The van der Waals surface area contributed by atoms with Crippen LogP contribution in [-0.2, 0) is 26.6 Å². The number of nitrogens with zero attached hydrogens (tertiary/aromatic N) is 3. The molecule has 0 saturated heterocycles. The minimum atomic E-state index is -0.542. The fraction of sp³-hybridized carbons (Fsp3) is 0.417. The van der Waals surface area contributed by atoms with Gasteiger partial charge in [-0.2, -0.15) is 5.10 Å². The maximum Gasteiger partial charge on any atom is 0.433 e. The Labute approximate surface area is 110 Å². The minimum absolute atomic E-state index is 0.229. The summed E-state index contributed by atoms with van der Waals surface area (Å²) in [5, 5.41) is 18.0. The van der Waals surface area contributed by atoms with E-state index in [1.165, 1.54) is 6.07 Å². The smallest absolute Gasteiger partial charge is 0.404 e. The van der Waals surface area contributed by atoms with E-state index >= 15 is 0 Å². The van der Waals surface area contributed by atoms with Gasteiger partial charge in [-0.25, -0.2) is 0 Å². The molecule has 0 bridgehead atoms. The Morgan fingerprint density at radius 2 is 2.26 bits per heavy atom. The van der Waals surface area contributed by atoms with Crippen molar-refractivity contribution in [3.63, 3.8) is 0 Å². The van der Waals surface area contributed by atoms with Crippen LogP contribution < -0.4 is 5.32 Å². The third-order valence-electron chi connectivity index (χ3n) is 2.77. The van der Waals surface area contributed by atoms with Crippen LogP contribution in [0.5, 0.6) is 0 Å². The van der Waals surface area contributed by atoms with E-state index in [9.17, 15) is 10.1 Å². The van der Waals surface area contributed by atoms with Crippen molar-refractivity contribution >= 4 is 5.88 Å². The Bertz CT molecular complexity index is 573. The fourth-order valence-corrected chi connectivity index (χ4v) is 1.91. The van der Waals surface area contributed by atoms with Gasteiger partial charge in [0.1, 0.15) is 10.7 Å². The van der Waals surface area contributed by atoms with Gasteiger partial charge in [-0.15, -0.1) is 0 Å². The van der Waals surface area contributed by atoms with Crippen molar-refractivity contribution in [2.75, 3.05) is 0 Å². The summed E-state index contributed by atoms with van der Waals surface area (Å²) in [6.07, 6.45) is 2.85. The van der Waals surface area contributed by atoms with Crippen LogP contribution in [0.2, 0.25) is 0 Å². The maximum absolute atomic E-state index is 10.5. The monoisotopic (exact) mass is 264 g/mol. The minimum Gasteiger partial charge on any atom is -0.404 e. The van der Waals surface area contributed by atoms with E-state index in [-0.39, 0.29) is 5.88 Å². The summed E-state index contributed by atoms with van der Waals surface area (Å²) in [7, 11) is 1.89. The van der Waals surface area contributed by atoms with Crippen LogP contribution in [0.4, 0.5) is 5.88 Å². The molecule has 102 valence electrons. The first kappa shape index (κ1) is 13.3. The van der Waals surface area contributed by atoms with Gasteiger partial charge in [0.25, 0.3) is 0 Å². The second-order valence-electron chi connectivity index (χ2n) is 4.23. The summed E-state index contributed by atoms with van der Waals surface area (Å²) >= 11 is 0. The average Bonchev–Trinajstić information content (AvgIpc) is 2.96. The molecule has 7 nitrogen and oxygen atoms in total. The highest BCUT2D eigenvalue weighted by molar-refractivity contribution is 5.19. The molecule has 0 radical (unpaired) electrons. The van der Waals surface area contributed by atoms with Gasteiger partial charge in [0.2, 0.25) is 0 Å². The molecule has 0 aliphatic carbocycles. The number of nitro groups is 1. The molecule has 2 heterocycles. The van der Waals surface area contributed by atoms with Crippen molar-refractivity contribution in [3.05, 3.63) is 45.5 Å². The van der Waals surface area contributed by atoms with Crippen LogP contribution >= 0.6 is 0 Å². The van der Waals surface area contributed by atoms with Crippen LogP contribution in [0.3, 0.4) is 0 Å². The first-order valence-corrected chi connectivity index (χ1v) is 6.05. The lowest BCUT2D eigenvalue weighted by molar-refractivity contribution is -0.402. The lowest BCUT2D eigenvalue weighted by Crippen LogP contribution is -2.12. The molecule has 0 spiro atoms. The number of hydrogen-bond acceptors (Lipinski definition) is 5. The zero-order chi connectivity index (χ0) is 13.8. The molecule has 0 aliphatic heterocycles. The van der Waals surface area contributed by atoms with Crippen LogP contribution in [0.1, 0.15) is 23.9 Å². The van der Waals surface area contributed by atoms with Gasteiger partial charge in [0.15, 0.2) is 0 Å². The van der Waals surface area contributed by atoms with Gasteiger partial charge in [0.05, 0.1) is 18.3 Å². The lowest BCUT2D eigenvalue weighted by Gasteiger charge is -2.01.